The number of allylic oxidation sites excluding steroid dienone is 1. The third-order valence-corrected chi connectivity index (χ3v) is 2.85. The second-order valence-corrected chi connectivity index (χ2v) is 5.23. The number of rotatable bonds is 10. The summed E-state index contributed by atoms with van der Waals surface area (Å²) in [6, 6.07) is 2.11. The minimum atomic E-state index is 0.692. The summed E-state index contributed by atoms with van der Waals surface area (Å²) in [7, 11) is 0. The molecule has 3 nitrogen and oxygen atoms in total. The van der Waals surface area contributed by atoms with Crippen molar-refractivity contribution < 1.29 is 0 Å². The summed E-state index contributed by atoms with van der Waals surface area (Å²) in [6.45, 7) is 11.1. The third kappa shape index (κ3) is 6.60. The molecule has 0 saturated carbocycles. The highest BCUT2D eigenvalue weighted by molar-refractivity contribution is 4.98. The summed E-state index contributed by atoms with van der Waals surface area (Å²) in [5, 5.41) is 7.97. The van der Waals surface area contributed by atoms with Crippen molar-refractivity contribution >= 4 is 0 Å². The van der Waals surface area contributed by atoms with Crippen molar-refractivity contribution in [3.8, 4) is 0 Å². The van der Waals surface area contributed by atoms with Gasteiger partial charge in [-0.3, -0.25) is 4.68 Å². The zero-order valence-corrected chi connectivity index (χ0v) is 11.9. The maximum Gasteiger partial charge on any atom is 0.0762 e. The number of nitrogens with zero attached hydrogens (tertiary/aromatic N) is 2. The zero-order chi connectivity index (χ0) is 13.2. The van der Waals surface area contributed by atoms with Crippen LogP contribution in [0.1, 0.15) is 45.2 Å². The van der Waals surface area contributed by atoms with E-state index in [1.54, 1.807) is 0 Å². The Labute approximate surface area is 111 Å². The number of hydrogen-bond acceptors (Lipinski definition) is 2. The highest BCUT2D eigenvalue weighted by atomic mass is 15.3. The van der Waals surface area contributed by atoms with Crippen LogP contribution >= 0.6 is 0 Å². The van der Waals surface area contributed by atoms with E-state index in [9.17, 15) is 0 Å². The van der Waals surface area contributed by atoms with Crippen molar-refractivity contribution in [3.05, 3.63) is 30.6 Å². The summed E-state index contributed by atoms with van der Waals surface area (Å²) in [5.41, 5.74) is 1.14. The van der Waals surface area contributed by atoms with Gasteiger partial charge in [-0.05, 0) is 37.8 Å². The van der Waals surface area contributed by atoms with E-state index < -0.39 is 0 Å². The Morgan fingerprint density at radius 3 is 2.94 bits per heavy atom. The summed E-state index contributed by atoms with van der Waals surface area (Å²) in [6.07, 6.45) is 8.91. The van der Waals surface area contributed by atoms with Gasteiger partial charge in [0.1, 0.15) is 0 Å². The SMILES string of the molecule is C=CCCCCCn1ccc(CNCC(C)C)n1. The van der Waals surface area contributed by atoms with Gasteiger partial charge in [-0.25, -0.2) is 0 Å². The predicted molar refractivity (Wildman–Crippen MR) is 77.4 cm³/mol. The van der Waals surface area contributed by atoms with E-state index in [2.05, 4.69) is 47.8 Å². The molecule has 1 N–H and O–H groups in total. The van der Waals surface area contributed by atoms with Crippen molar-refractivity contribution in [3.63, 3.8) is 0 Å². The molecule has 0 aromatic carbocycles. The van der Waals surface area contributed by atoms with Crippen LogP contribution in [0.4, 0.5) is 0 Å². The molecular formula is C15H27N3. The molecule has 0 aliphatic heterocycles. The zero-order valence-electron chi connectivity index (χ0n) is 11.9. The molecule has 0 aliphatic rings. The number of hydrogen-bond donors (Lipinski definition) is 1. The molecule has 102 valence electrons. The third-order valence-electron chi connectivity index (χ3n) is 2.85. The summed E-state index contributed by atoms with van der Waals surface area (Å²) in [4.78, 5) is 0. The van der Waals surface area contributed by atoms with Crippen molar-refractivity contribution in [1.82, 2.24) is 15.1 Å². The lowest BCUT2D eigenvalue weighted by Gasteiger charge is -2.05. The van der Waals surface area contributed by atoms with Crippen molar-refractivity contribution in [2.45, 2.75) is 52.6 Å². The Kier molecular flexibility index (Phi) is 7.42. The summed E-state index contributed by atoms with van der Waals surface area (Å²) < 4.78 is 2.06. The lowest BCUT2D eigenvalue weighted by Crippen LogP contribution is -2.19. The molecule has 1 aromatic heterocycles. The maximum atomic E-state index is 4.56. The molecule has 0 radical (unpaired) electrons. The van der Waals surface area contributed by atoms with E-state index in [0.717, 1.165) is 31.7 Å². The van der Waals surface area contributed by atoms with Crippen LogP contribution in [0.2, 0.25) is 0 Å². The molecule has 0 amide bonds. The van der Waals surface area contributed by atoms with Crippen LogP contribution in [-0.4, -0.2) is 16.3 Å². The Bertz CT molecular complexity index is 328. The Morgan fingerprint density at radius 1 is 1.39 bits per heavy atom. The van der Waals surface area contributed by atoms with Crippen LogP contribution < -0.4 is 5.32 Å². The number of aryl methyl sites for hydroxylation is 1. The minimum Gasteiger partial charge on any atom is -0.311 e. The van der Waals surface area contributed by atoms with Gasteiger partial charge < -0.3 is 5.32 Å². The van der Waals surface area contributed by atoms with Gasteiger partial charge in [0.2, 0.25) is 0 Å². The van der Waals surface area contributed by atoms with Gasteiger partial charge >= 0.3 is 0 Å². The topological polar surface area (TPSA) is 29.9 Å². The molecule has 18 heavy (non-hydrogen) atoms. The largest absolute Gasteiger partial charge is 0.311 e. The Morgan fingerprint density at radius 2 is 2.22 bits per heavy atom. The Balaban J connectivity index is 2.15. The van der Waals surface area contributed by atoms with Gasteiger partial charge in [-0.15, -0.1) is 6.58 Å². The quantitative estimate of drug-likeness (QED) is 0.509. The first kappa shape index (κ1) is 15.0. The standard InChI is InChI=1S/C15H27N3/c1-4-5-6-7-8-10-18-11-9-15(17-18)13-16-12-14(2)3/h4,9,11,14,16H,1,5-8,10,12-13H2,2-3H3. The summed E-state index contributed by atoms with van der Waals surface area (Å²) >= 11 is 0. The molecule has 0 bridgehead atoms. The van der Waals surface area contributed by atoms with Gasteiger partial charge in [0.25, 0.3) is 0 Å². The fraction of sp³-hybridized carbons (Fsp3) is 0.667. The summed E-state index contributed by atoms with van der Waals surface area (Å²) in [5.74, 6) is 0.692. The lowest BCUT2D eigenvalue weighted by atomic mass is 10.2. The predicted octanol–water partition coefficient (Wildman–Crippen LogP) is 3.38. The monoisotopic (exact) mass is 249 g/mol. The highest BCUT2D eigenvalue weighted by Crippen LogP contribution is 2.03. The lowest BCUT2D eigenvalue weighted by molar-refractivity contribution is 0.523. The number of nitrogens with one attached hydrogen (secondary N) is 1. The molecule has 3 heteroatoms. The molecule has 1 aromatic rings. The van der Waals surface area contributed by atoms with E-state index in [4.69, 9.17) is 0 Å². The van der Waals surface area contributed by atoms with Crippen molar-refractivity contribution in [2.24, 2.45) is 5.92 Å². The molecule has 0 aliphatic carbocycles. The van der Waals surface area contributed by atoms with Crippen molar-refractivity contribution in [1.29, 1.82) is 0 Å². The molecule has 1 heterocycles. The highest BCUT2D eigenvalue weighted by Gasteiger charge is 1.99. The first-order chi connectivity index (χ1) is 8.72. The van der Waals surface area contributed by atoms with Crippen LogP contribution in [0.3, 0.4) is 0 Å². The normalized spacial score (nSPS) is 11.1. The number of unbranched alkanes of at least 4 members (excludes halogenated alkanes) is 3. The minimum absolute atomic E-state index is 0.692. The van der Waals surface area contributed by atoms with Crippen LogP contribution in [0.15, 0.2) is 24.9 Å². The van der Waals surface area contributed by atoms with E-state index >= 15 is 0 Å². The van der Waals surface area contributed by atoms with Gasteiger partial charge in [0.15, 0.2) is 0 Å². The fourth-order valence-electron chi connectivity index (χ4n) is 1.85. The first-order valence-electron chi connectivity index (χ1n) is 7.06. The van der Waals surface area contributed by atoms with E-state index in [0.29, 0.717) is 5.92 Å². The molecule has 0 atom stereocenters. The smallest absolute Gasteiger partial charge is 0.0762 e. The molecule has 0 saturated heterocycles. The average Bonchev–Trinajstić information content (AvgIpc) is 2.76. The van der Waals surface area contributed by atoms with E-state index in [1.165, 1.54) is 19.3 Å². The average molecular weight is 249 g/mol. The van der Waals surface area contributed by atoms with Crippen molar-refractivity contribution in [2.75, 3.05) is 6.54 Å². The molecule has 0 spiro atoms. The molecule has 0 fully saturated rings. The second kappa shape index (κ2) is 8.92. The maximum absolute atomic E-state index is 4.56. The van der Waals surface area contributed by atoms with Crippen LogP contribution in [0, 0.1) is 5.92 Å². The molecule has 0 unspecified atom stereocenters. The van der Waals surface area contributed by atoms with Gasteiger partial charge in [0, 0.05) is 19.3 Å². The van der Waals surface area contributed by atoms with Crippen LogP contribution in [0.5, 0.6) is 0 Å². The fourth-order valence-corrected chi connectivity index (χ4v) is 1.85. The van der Waals surface area contributed by atoms with Crippen LogP contribution in [-0.2, 0) is 13.1 Å². The molecule has 1 rings (SSSR count). The number of aromatic nitrogens is 2. The van der Waals surface area contributed by atoms with Gasteiger partial charge in [-0.2, -0.15) is 5.10 Å². The molecular weight excluding hydrogens is 222 g/mol. The van der Waals surface area contributed by atoms with E-state index in [-0.39, 0.29) is 0 Å². The van der Waals surface area contributed by atoms with Gasteiger partial charge in [0.05, 0.1) is 5.69 Å². The van der Waals surface area contributed by atoms with E-state index in [1.807, 2.05) is 6.08 Å². The van der Waals surface area contributed by atoms with Gasteiger partial charge in [-0.1, -0.05) is 26.3 Å². The second-order valence-electron chi connectivity index (χ2n) is 5.23. The van der Waals surface area contributed by atoms with Crippen LogP contribution in [0.25, 0.3) is 0 Å². The first-order valence-corrected chi connectivity index (χ1v) is 7.06. The Hall–Kier alpha value is -1.09.